The van der Waals surface area contributed by atoms with Crippen LogP contribution in [0.25, 0.3) is 0 Å². The molecule has 3 heteroatoms. The summed E-state index contributed by atoms with van der Waals surface area (Å²) < 4.78 is 6.14. The summed E-state index contributed by atoms with van der Waals surface area (Å²) in [4.78, 5) is 2.56. The highest BCUT2D eigenvalue weighted by atomic mass is 16.5. The second kappa shape index (κ2) is 5.93. The quantitative estimate of drug-likeness (QED) is 0.900. The topological polar surface area (TPSA) is 24.5 Å². The minimum Gasteiger partial charge on any atom is -0.492 e. The van der Waals surface area contributed by atoms with Gasteiger partial charge in [0.2, 0.25) is 0 Å². The number of piperidine rings is 1. The van der Waals surface area contributed by atoms with Gasteiger partial charge in [-0.1, -0.05) is 25.5 Å². The SMILES string of the molecule is CCN1CCCCC1COc1cccc2c1CNC2. The van der Waals surface area contributed by atoms with Crippen molar-refractivity contribution in [3.05, 3.63) is 29.3 Å². The molecule has 3 rings (SSSR count). The van der Waals surface area contributed by atoms with Gasteiger partial charge in [-0.05, 0) is 37.6 Å². The highest BCUT2D eigenvalue weighted by Gasteiger charge is 2.22. The van der Waals surface area contributed by atoms with Crippen molar-refractivity contribution in [2.45, 2.75) is 45.3 Å². The zero-order valence-electron chi connectivity index (χ0n) is 11.8. The van der Waals surface area contributed by atoms with E-state index < -0.39 is 0 Å². The first kappa shape index (κ1) is 12.9. The molecule has 0 aliphatic carbocycles. The van der Waals surface area contributed by atoms with Crippen LogP contribution >= 0.6 is 0 Å². The Bertz CT molecular complexity index is 433. The zero-order chi connectivity index (χ0) is 13.1. The minimum absolute atomic E-state index is 0.601. The van der Waals surface area contributed by atoms with Crippen LogP contribution in [-0.2, 0) is 13.1 Å². The second-order valence-electron chi connectivity index (χ2n) is 5.59. The Labute approximate surface area is 115 Å². The summed E-state index contributed by atoms with van der Waals surface area (Å²) in [6.45, 7) is 7.40. The molecule has 0 spiro atoms. The smallest absolute Gasteiger partial charge is 0.124 e. The molecule has 19 heavy (non-hydrogen) atoms. The predicted molar refractivity (Wildman–Crippen MR) is 77.4 cm³/mol. The molecule has 2 aliphatic rings. The van der Waals surface area contributed by atoms with Crippen LogP contribution in [0.1, 0.15) is 37.3 Å². The maximum absolute atomic E-state index is 6.14. The van der Waals surface area contributed by atoms with Crippen LogP contribution in [0.5, 0.6) is 5.75 Å². The first-order valence-electron chi connectivity index (χ1n) is 7.57. The number of fused-ring (bicyclic) bond motifs is 1. The molecule has 1 atom stereocenters. The first-order valence-corrected chi connectivity index (χ1v) is 7.57. The molecule has 0 aromatic heterocycles. The Kier molecular flexibility index (Phi) is 4.04. The van der Waals surface area contributed by atoms with E-state index in [4.69, 9.17) is 4.74 Å². The van der Waals surface area contributed by atoms with Crippen LogP contribution in [0.3, 0.4) is 0 Å². The van der Waals surface area contributed by atoms with E-state index in [9.17, 15) is 0 Å². The molecule has 2 aliphatic heterocycles. The standard InChI is InChI=1S/C16H24N2O/c1-2-18-9-4-3-7-14(18)12-19-16-8-5-6-13-10-17-11-15(13)16/h5-6,8,14,17H,2-4,7,9-12H2,1H3. The van der Waals surface area contributed by atoms with Gasteiger partial charge in [-0.15, -0.1) is 0 Å². The number of nitrogens with one attached hydrogen (secondary N) is 1. The number of hydrogen-bond acceptors (Lipinski definition) is 3. The fraction of sp³-hybridized carbons (Fsp3) is 0.625. The third-order valence-electron chi connectivity index (χ3n) is 4.43. The number of hydrogen-bond donors (Lipinski definition) is 1. The molecule has 1 aromatic carbocycles. The van der Waals surface area contributed by atoms with E-state index in [1.165, 1.54) is 36.9 Å². The molecule has 0 bridgehead atoms. The van der Waals surface area contributed by atoms with E-state index in [-0.39, 0.29) is 0 Å². The van der Waals surface area contributed by atoms with Gasteiger partial charge < -0.3 is 10.1 Å². The number of likely N-dealkylation sites (N-methyl/N-ethyl adjacent to an activating group) is 1. The van der Waals surface area contributed by atoms with Crippen LogP contribution < -0.4 is 10.1 Å². The van der Waals surface area contributed by atoms with Crippen molar-refractivity contribution in [3.8, 4) is 5.75 Å². The van der Waals surface area contributed by atoms with Crippen molar-refractivity contribution in [1.29, 1.82) is 0 Å². The number of nitrogens with zero attached hydrogens (tertiary/aromatic N) is 1. The highest BCUT2D eigenvalue weighted by Crippen LogP contribution is 2.27. The van der Waals surface area contributed by atoms with E-state index in [0.717, 1.165) is 32.0 Å². The van der Waals surface area contributed by atoms with Gasteiger partial charge in [0.1, 0.15) is 12.4 Å². The average Bonchev–Trinajstić information content (AvgIpc) is 2.94. The molecule has 1 aromatic rings. The number of likely N-dealkylation sites (tertiary alicyclic amines) is 1. The van der Waals surface area contributed by atoms with E-state index in [2.05, 4.69) is 35.3 Å². The van der Waals surface area contributed by atoms with Gasteiger partial charge in [-0.2, -0.15) is 0 Å². The molecule has 2 heterocycles. The molecule has 0 radical (unpaired) electrons. The maximum Gasteiger partial charge on any atom is 0.124 e. The van der Waals surface area contributed by atoms with Gasteiger partial charge in [-0.25, -0.2) is 0 Å². The summed E-state index contributed by atoms with van der Waals surface area (Å²) in [6, 6.07) is 7.02. The van der Waals surface area contributed by atoms with E-state index in [1.807, 2.05) is 0 Å². The molecule has 1 N–H and O–H groups in total. The van der Waals surface area contributed by atoms with Crippen LogP contribution in [0, 0.1) is 0 Å². The van der Waals surface area contributed by atoms with Crippen molar-refractivity contribution < 1.29 is 4.74 Å². The van der Waals surface area contributed by atoms with Crippen molar-refractivity contribution in [3.63, 3.8) is 0 Å². The fourth-order valence-corrected chi connectivity index (χ4v) is 3.29. The van der Waals surface area contributed by atoms with Gasteiger partial charge in [0.15, 0.2) is 0 Å². The third kappa shape index (κ3) is 2.77. The lowest BCUT2D eigenvalue weighted by Gasteiger charge is -2.34. The third-order valence-corrected chi connectivity index (χ3v) is 4.43. The van der Waals surface area contributed by atoms with Crippen molar-refractivity contribution in [2.24, 2.45) is 0 Å². The molecule has 0 amide bonds. The Morgan fingerprint density at radius 1 is 1.32 bits per heavy atom. The lowest BCUT2D eigenvalue weighted by atomic mass is 10.0. The lowest BCUT2D eigenvalue weighted by molar-refractivity contribution is 0.105. The van der Waals surface area contributed by atoms with Gasteiger partial charge in [0, 0.05) is 24.7 Å². The van der Waals surface area contributed by atoms with Gasteiger partial charge >= 0.3 is 0 Å². The molecule has 1 saturated heterocycles. The molecular weight excluding hydrogens is 236 g/mol. The fourth-order valence-electron chi connectivity index (χ4n) is 3.29. The Morgan fingerprint density at radius 2 is 2.26 bits per heavy atom. The van der Waals surface area contributed by atoms with Crippen molar-refractivity contribution in [1.82, 2.24) is 10.2 Å². The first-order chi connectivity index (χ1) is 9.38. The Balaban J connectivity index is 1.64. The zero-order valence-corrected chi connectivity index (χ0v) is 11.8. The van der Waals surface area contributed by atoms with Crippen molar-refractivity contribution >= 4 is 0 Å². The summed E-state index contributed by atoms with van der Waals surface area (Å²) in [7, 11) is 0. The summed E-state index contributed by atoms with van der Waals surface area (Å²) >= 11 is 0. The minimum atomic E-state index is 0.601. The summed E-state index contributed by atoms with van der Waals surface area (Å²) in [6.07, 6.45) is 3.97. The number of ether oxygens (including phenoxy) is 1. The van der Waals surface area contributed by atoms with Gasteiger partial charge in [-0.3, -0.25) is 4.90 Å². The summed E-state index contributed by atoms with van der Waals surface area (Å²) in [5.41, 5.74) is 2.76. The Morgan fingerprint density at radius 3 is 3.16 bits per heavy atom. The molecule has 1 fully saturated rings. The molecule has 3 nitrogen and oxygen atoms in total. The van der Waals surface area contributed by atoms with Crippen LogP contribution in [0.15, 0.2) is 18.2 Å². The molecule has 0 saturated carbocycles. The average molecular weight is 260 g/mol. The summed E-state index contributed by atoms with van der Waals surface area (Å²) in [5.74, 6) is 1.09. The van der Waals surface area contributed by atoms with Crippen LogP contribution in [0.4, 0.5) is 0 Å². The second-order valence-corrected chi connectivity index (χ2v) is 5.59. The largest absolute Gasteiger partial charge is 0.492 e. The van der Waals surface area contributed by atoms with E-state index in [1.54, 1.807) is 0 Å². The number of benzene rings is 1. The lowest BCUT2D eigenvalue weighted by Crippen LogP contribution is -2.42. The predicted octanol–water partition coefficient (Wildman–Crippen LogP) is 2.54. The summed E-state index contributed by atoms with van der Waals surface area (Å²) in [5, 5.41) is 3.40. The molecular formula is C16H24N2O. The van der Waals surface area contributed by atoms with E-state index >= 15 is 0 Å². The molecule has 1 unspecified atom stereocenters. The Hall–Kier alpha value is -1.06. The van der Waals surface area contributed by atoms with Crippen LogP contribution in [0.2, 0.25) is 0 Å². The molecule has 104 valence electrons. The normalized spacial score (nSPS) is 23.3. The van der Waals surface area contributed by atoms with E-state index in [0.29, 0.717) is 6.04 Å². The van der Waals surface area contributed by atoms with Crippen LogP contribution in [-0.4, -0.2) is 30.6 Å². The monoisotopic (exact) mass is 260 g/mol. The van der Waals surface area contributed by atoms with Gasteiger partial charge in [0.25, 0.3) is 0 Å². The maximum atomic E-state index is 6.14. The number of rotatable bonds is 4. The highest BCUT2D eigenvalue weighted by molar-refractivity contribution is 5.42. The van der Waals surface area contributed by atoms with Crippen molar-refractivity contribution in [2.75, 3.05) is 19.7 Å². The van der Waals surface area contributed by atoms with Gasteiger partial charge in [0.05, 0.1) is 0 Å².